The zero-order chi connectivity index (χ0) is 14.4. The van der Waals surface area contributed by atoms with Gasteiger partial charge in [-0.25, -0.2) is 4.98 Å². The average Bonchev–Trinajstić information content (AvgIpc) is 2.47. The van der Waals surface area contributed by atoms with E-state index in [9.17, 15) is 0 Å². The van der Waals surface area contributed by atoms with Crippen molar-refractivity contribution in [3.63, 3.8) is 0 Å². The number of pyridine rings is 1. The van der Waals surface area contributed by atoms with Crippen LogP contribution in [0.2, 0.25) is 0 Å². The second-order valence-electron chi connectivity index (χ2n) is 5.02. The molecule has 0 bridgehead atoms. The molecule has 3 heteroatoms. The number of aryl methyl sites for hydroxylation is 1. The van der Waals surface area contributed by atoms with E-state index in [0.717, 1.165) is 29.4 Å². The standard InChI is InChI=1S/C17H24N2S/c1-4-19(5-2)11-8-12-20-17-13-14(3)15-9-6-7-10-16(15)18-17/h6-7,9-10,13H,4-5,8,11-12H2,1-3H3. The first-order valence-electron chi connectivity index (χ1n) is 7.46. The Morgan fingerprint density at radius 1 is 1.15 bits per heavy atom. The molecule has 20 heavy (non-hydrogen) atoms. The summed E-state index contributed by atoms with van der Waals surface area (Å²) in [5.74, 6) is 1.14. The molecule has 0 aliphatic heterocycles. The third-order valence-corrected chi connectivity index (χ3v) is 4.66. The summed E-state index contributed by atoms with van der Waals surface area (Å²) in [6.45, 7) is 10.1. The van der Waals surface area contributed by atoms with Crippen molar-refractivity contribution in [3.8, 4) is 0 Å². The first kappa shape index (κ1) is 15.3. The Morgan fingerprint density at radius 2 is 1.90 bits per heavy atom. The Balaban J connectivity index is 1.93. The molecule has 0 radical (unpaired) electrons. The number of benzene rings is 1. The molecule has 0 saturated carbocycles. The van der Waals surface area contributed by atoms with Gasteiger partial charge in [0, 0.05) is 11.1 Å². The van der Waals surface area contributed by atoms with E-state index in [1.165, 1.54) is 23.9 Å². The van der Waals surface area contributed by atoms with Crippen LogP contribution in [0.25, 0.3) is 10.9 Å². The van der Waals surface area contributed by atoms with Gasteiger partial charge < -0.3 is 4.90 Å². The van der Waals surface area contributed by atoms with Crippen LogP contribution in [0.3, 0.4) is 0 Å². The predicted octanol–water partition coefficient (Wildman–Crippen LogP) is 4.37. The predicted molar refractivity (Wildman–Crippen MR) is 89.6 cm³/mol. The van der Waals surface area contributed by atoms with Gasteiger partial charge in [0.25, 0.3) is 0 Å². The molecule has 0 atom stereocenters. The monoisotopic (exact) mass is 288 g/mol. The van der Waals surface area contributed by atoms with Gasteiger partial charge in [0.1, 0.15) is 0 Å². The van der Waals surface area contributed by atoms with E-state index < -0.39 is 0 Å². The van der Waals surface area contributed by atoms with Crippen LogP contribution in [-0.2, 0) is 0 Å². The van der Waals surface area contributed by atoms with Gasteiger partial charge in [-0.15, -0.1) is 11.8 Å². The van der Waals surface area contributed by atoms with E-state index >= 15 is 0 Å². The fourth-order valence-electron chi connectivity index (χ4n) is 2.40. The first-order chi connectivity index (χ1) is 9.74. The van der Waals surface area contributed by atoms with Crippen LogP contribution in [0.1, 0.15) is 25.8 Å². The maximum atomic E-state index is 4.74. The van der Waals surface area contributed by atoms with Crippen LogP contribution >= 0.6 is 11.8 Å². The normalized spacial score (nSPS) is 11.4. The van der Waals surface area contributed by atoms with Gasteiger partial charge in [-0.3, -0.25) is 0 Å². The molecule has 2 aromatic rings. The second-order valence-corrected chi connectivity index (χ2v) is 6.14. The fourth-order valence-corrected chi connectivity index (χ4v) is 3.30. The summed E-state index contributed by atoms with van der Waals surface area (Å²) in [5, 5.41) is 2.42. The smallest absolute Gasteiger partial charge is 0.0970 e. The minimum atomic E-state index is 1.11. The van der Waals surface area contributed by atoms with E-state index in [1.807, 2.05) is 11.8 Å². The number of aromatic nitrogens is 1. The van der Waals surface area contributed by atoms with Crippen LogP contribution in [0.15, 0.2) is 35.4 Å². The van der Waals surface area contributed by atoms with Crippen LogP contribution in [0.5, 0.6) is 0 Å². The van der Waals surface area contributed by atoms with Gasteiger partial charge in [-0.2, -0.15) is 0 Å². The van der Waals surface area contributed by atoms with Crippen LogP contribution in [-0.4, -0.2) is 35.3 Å². The average molecular weight is 288 g/mol. The van der Waals surface area contributed by atoms with Crippen molar-refractivity contribution in [1.29, 1.82) is 0 Å². The highest BCUT2D eigenvalue weighted by molar-refractivity contribution is 7.99. The minimum absolute atomic E-state index is 1.11. The van der Waals surface area contributed by atoms with Gasteiger partial charge in [0.05, 0.1) is 10.5 Å². The molecule has 0 amide bonds. The lowest BCUT2D eigenvalue weighted by Gasteiger charge is -2.17. The summed E-state index contributed by atoms with van der Waals surface area (Å²) in [7, 11) is 0. The Kier molecular flexibility index (Phi) is 5.86. The molecule has 108 valence electrons. The molecule has 0 unspecified atom stereocenters. The van der Waals surface area contributed by atoms with Crippen molar-refractivity contribution in [2.24, 2.45) is 0 Å². The lowest BCUT2D eigenvalue weighted by Crippen LogP contribution is -2.24. The molecule has 0 fully saturated rings. The molecular formula is C17H24N2S. The molecule has 1 heterocycles. The van der Waals surface area contributed by atoms with Gasteiger partial charge in [0.15, 0.2) is 0 Å². The number of hydrogen-bond donors (Lipinski definition) is 0. The molecule has 0 aliphatic rings. The minimum Gasteiger partial charge on any atom is -0.304 e. The summed E-state index contributed by atoms with van der Waals surface area (Å²) in [4.78, 5) is 7.21. The molecule has 1 aromatic carbocycles. The zero-order valence-corrected chi connectivity index (χ0v) is 13.5. The number of thioether (sulfide) groups is 1. The quantitative estimate of drug-likeness (QED) is 0.556. The first-order valence-corrected chi connectivity index (χ1v) is 8.44. The Bertz CT molecular complexity index is 550. The lowest BCUT2D eigenvalue weighted by molar-refractivity contribution is 0.305. The van der Waals surface area contributed by atoms with Crippen molar-refractivity contribution < 1.29 is 0 Å². The topological polar surface area (TPSA) is 16.1 Å². The highest BCUT2D eigenvalue weighted by Crippen LogP contribution is 2.23. The molecule has 2 rings (SSSR count). The largest absolute Gasteiger partial charge is 0.304 e. The third-order valence-electron chi connectivity index (χ3n) is 3.66. The molecule has 2 nitrogen and oxygen atoms in total. The summed E-state index contributed by atoms with van der Waals surface area (Å²) < 4.78 is 0. The Morgan fingerprint density at radius 3 is 2.65 bits per heavy atom. The van der Waals surface area contributed by atoms with Gasteiger partial charge in [-0.1, -0.05) is 32.0 Å². The second kappa shape index (κ2) is 7.65. The molecular weight excluding hydrogens is 264 g/mol. The van der Waals surface area contributed by atoms with E-state index in [-0.39, 0.29) is 0 Å². The van der Waals surface area contributed by atoms with E-state index in [2.05, 4.69) is 56.0 Å². The summed E-state index contributed by atoms with van der Waals surface area (Å²) >= 11 is 1.87. The molecule has 0 spiro atoms. The van der Waals surface area contributed by atoms with Crippen LogP contribution < -0.4 is 0 Å². The number of hydrogen-bond acceptors (Lipinski definition) is 3. The fraction of sp³-hybridized carbons (Fsp3) is 0.471. The maximum absolute atomic E-state index is 4.74. The van der Waals surface area contributed by atoms with Crippen LogP contribution in [0, 0.1) is 6.92 Å². The summed E-state index contributed by atoms with van der Waals surface area (Å²) in [6, 6.07) is 10.6. The van der Waals surface area contributed by atoms with Crippen molar-refractivity contribution in [1.82, 2.24) is 9.88 Å². The summed E-state index contributed by atoms with van der Waals surface area (Å²) in [6.07, 6.45) is 1.22. The van der Waals surface area contributed by atoms with Gasteiger partial charge >= 0.3 is 0 Å². The number of fused-ring (bicyclic) bond motifs is 1. The van der Waals surface area contributed by atoms with E-state index in [1.54, 1.807) is 0 Å². The van der Waals surface area contributed by atoms with Crippen molar-refractivity contribution in [2.45, 2.75) is 32.2 Å². The Hall–Kier alpha value is -1.06. The summed E-state index contributed by atoms with van der Waals surface area (Å²) in [5.41, 5.74) is 2.43. The highest BCUT2D eigenvalue weighted by Gasteiger charge is 2.03. The van der Waals surface area contributed by atoms with E-state index in [4.69, 9.17) is 4.98 Å². The number of rotatable bonds is 7. The Labute approximate surface area is 126 Å². The number of nitrogens with zero attached hydrogens (tertiary/aromatic N) is 2. The molecule has 0 saturated heterocycles. The number of para-hydroxylation sites is 1. The third kappa shape index (κ3) is 3.97. The zero-order valence-electron chi connectivity index (χ0n) is 12.7. The van der Waals surface area contributed by atoms with Crippen molar-refractivity contribution >= 4 is 22.7 Å². The van der Waals surface area contributed by atoms with E-state index in [0.29, 0.717) is 0 Å². The van der Waals surface area contributed by atoms with Crippen molar-refractivity contribution in [3.05, 3.63) is 35.9 Å². The van der Waals surface area contributed by atoms with Gasteiger partial charge in [0.2, 0.25) is 0 Å². The molecule has 0 aliphatic carbocycles. The van der Waals surface area contributed by atoms with Gasteiger partial charge in [-0.05, 0) is 50.7 Å². The SMILES string of the molecule is CCN(CC)CCCSc1cc(C)c2ccccc2n1. The van der Waals surface area contributed by atoms with Crippen LogP contribution in [0.4, 0.5) is 0 Å². The van der Waals surface area contributed by atoms with Crippen molar-refractivity contribution in [2.75, 3.05) is 25.4 Å². The molecule has 0 N–H and O–H groups in total. The lowest BCUT2D eigenvalue weighted by atomic mass is 10.1. The molecule has 1 aromatic heterocycles. The maximum Gasteiger partial charge on any atom is 0.0970 e. The highest BCUT2D eigenvalue weighted by atomic mass is 32.2.